The van der Waals surface area contributed by atoms with Gasteiger partial charge in [0.05, 0.1) is 18.6 Å². The van der Waals surface area contributed by atoms with E-state index >= 15 is 4.39 Å². The minimum atomic E-state index is -1.20. The van der Waals surface area contributed by atoms with Crippen LogP contribution in [-0.4, -0.2) is 31.6 Å². The van der Waals surface area contributed by atoms with Crippen molar-refractivity contribution in [3.8, 4) is 16.9 Å². The number of benzene rings is 3. The molecule has 1 atom stereocenters. The van der Waals surface area contributed by atoms with Gasteiger partial charge in [0.1, 0.15) is 5.75 Å². The van der Waals surface area contributed by atoms with Crippen molar-refractivity contribution in [2.75, 3.05) is 13.7 Å². The van der Waals surface area contributed by atoms with Gasteiger partial charge in [-0.1, -0.05) is 41.9 Å². The van der Waals surface area contributed by atoms with Gasteiger partial charge in [0, 0.05) is 40.7 Å². The first-order valence-corrected chi connectivity index (χ1v) is 13.3. The van der Waals surface area contributed by atoms with Crippen molar-refractivity contribution in [1.29, 1.82) is 0 Å². The molecule has 3 N–H and O–H groups in total. The van der Waals surface area contributed by atoms with Gasteiger partial charge in [-0.25, -0.2) is 8.78 Å². The fourth-order valence-electron chi connectivity index (χ4n) is 5.79. The Kier molecular flexibility index (Phi) is 7.60. The van der Waals surface area contributed by atoms with E-state index < -0.39 is 23.1 Å². The van der Waals surface area contributed by atoms with Crippen molar-refractivity contribution in [2.24, 2.45) is 11.7 Å². The van der Waals surface area contributed by atoms with Crippen LogP contribution < -0.4 is 15.8 Å². The maximum absolute atomic E-state index is 15.2. The average molecular weight is 555 g/mol. The Labute approximate surface area is 230 Å². The number of hydrogen-bond acceptors (Lipinski definition) is 5. The Bertz CT molecular complexity index is 1410. The van der Waals surface area contributed by atoms with E-state index in [0.29, 0.717) is 24.3 Å². The number of carbonyl (C=O) groups is 2. The Hall–Kier alpha value is -3.49. The molecule has 1 heterocycles. The summed E-state index contributed by atoms with van der Waals surface area (Å²) in [7, 11) is 1.41. The molecule has 6 nitrogen and oxygen atoms in total. The topological polar surface area (TPSA) is 90.6 Å². The Morgan fingerprint density at radius 1 is 1.05 bits per heavy atom. The van der Waals surface area contributed by atoms with Crippen molar-refractivity contribution in [3.05, 3.63) is 87.9 Å². The number of nitrogens with two attached hydrogens (primary N) is 1. The zero-order valence-electron chi connectivity index (χ0n) is 21.4. The van der Waals surface area contributed by atoms with E-state index in [9.17, 15) is 14.0 Å². The maximum atomic E-state index is 15.2. The van der Waals surface area contributed by atoms with Crippen molar-refractivity contribution in [2.45, 2.75) is 43.7 Å². The first-order valence-electron chi connectivity index (χ1n) is 12.9. The molecule has 3 aromatic rings. The molecule has 0 saturated heterocycles. The van der Waals surface area contributed by atoms with Gasteiger partial charge in [0.25, 0.3) is 0 Å². The second-order valence-corrected chi connectivity index (χ2v) is 10.5. The number of nitrogens with one attached hydrogen (secondary N) is 1. The van der Waals surface area contributed by atoms with Gasteiger partial charge in [-0.2, -0.15) is 0 Å². The Morgan fingerprint density at radius 2 is 1.77 bits per heavy atom. The minimum Gasteiger partial charge on any atom is -0.481 e. The van der Waals surface area contributed by atoms with E-state index in [2.05, 4.69) is 5.32 Å². The SMILES string of the molecule is COC(=O)[C@H]1CC[C@@H](NC[C@@]2(c3ccccc3)Cc3c(ccc(Cl)c3-c3c(C(N)=O)ccc(F)c3F)O2)CC1. The van der Waals surface area contributed by atoms with Gasteiger partial charge in [0.2, 0.25) is 5.91 Å². The van der Waals surface area contributed by atoms with Crippen molar-refractivity contribution >= 4 is 23.5 Å². The van der Waals surface area contributed by atoms with Gasteiger partial charge in [0.15, 0.2) is 17.2 Å². The van der Waals surface area contributed by atoms with Crippen LogP contribution in [0.5, 0.6) is 5.75 Å². The average Bonchev–Trinajstić information content (AvgIpc) is 3.34. The number of methoxy groups -OCH3 is 1. The van der Waals surface area contributed by atoms with Crippen LogP contribution in [0.2, 0.25) is 5.02 Å². The summed E-state index contributed by atoms with van der Waals surface area (Å²) in [6.07, 6.45) is 3.38. The lowest BCUT2D eigenvalue weighted by atomic mass is 9.83. The molecule has 0 aromatic heterocycles. The molecule has 9 heteroatoms. The minimum absolute atomic E-state index is 0.0894. The summed E-state index contributed by atoms with van der Waals surface area (Å²) >= 11 is 6.58. The third kappa shape index (κ3) is 5.11. The van der Waals surface area contributed by atoms with E-state index in [1.807, 2.05) is 30.3 Å². The molecule has 1 aliphatic heterocycles. The van der Waals surface area contributed by atoms with Crippen LogP contribution in [-0.2, 0) is 21.6 Å². The molecule has 1 fully saturated rings. The first-order chi connectivity index (χ1) is 18.7. The van der Waals surface area contributed by atoms with E-state index in [4.69, 9.17) is 26.8 Å². The van der Waals surface area contributed by atoms with Gasteiger partial charge >= 0.3 is 5.97 Å². The van der Waals surface area contributed by atoms with Crippen molar-refractivity contribution < 1.29 is 27.8 Å². The quantitative estimate of drug-likeness (QED) is 0.374. The lowest BCUT2D eigenvalue weighted by Crippen LogP contribution is -2.47. The second kappa shape index (κ2) is 10.9. The third-order valence-electron chi connectivity index (χ3n) is 7.83. The first kappa shape index (κ1) is 27.1. The number of primary amides is 1. The highest BCUT2D eigenvalue weighted by Gasteiger charge is 2.44. The number of fused-ring (bicyclic) bond motifs is 1. The molecule has 1 aliphatic carbocycles. The summed E-state index contributed by atoms with van der Waals surface area (Å²) in [5.74, 6) is -2.99. The van der Waals surface area contributed by atoms with Crippen LogP contribution in [0.3, 0.4) is 0 Å². The summed E-state index contributed by atoms with van der Waals surface area (Å²) in [4.78, 5) is 24.1. The molecule has 1 saturated carbocycles. The molecule has 0 unspecified atom stereocenters. The molecule has 0 spiro atoms. The van der Waals surface area contributed by atoms with E-state index in [0.717, 1.165) is 43.4 Å². The van der Waals surface area contributed by atoms with Crippen LogP contribution >= 0.6 is 11.6 Å². The molecule has 204 valence electrons. The van der Waals surface area contributed by atoms with Gasteiger partial charge in [-0.15, -0.1) is 0 Å². The number of amides is 1. The fraction of sp³-hybridized carbons (Fsp3) is 0.333. The molecule has 0 radical (unpaired) electrons. The summed E-state index contributed by atoms with van der Waals surface area (Å²) < 4.78 is 41.2. The molecule has 39 heavy (non-hydrogen) atoms. The number of esters is 1. The smallest absolute Gasteiger partial charge is 0.308 e. The van der Waals surface area contributed by atoms with Crippen LogP contribution in [0, 0.1) is 17.6 Å². The van der Waals surface area contributed by atoms with Crippen LogP contribution in [0.25, 0.3) is 11.1 Å². The number of halogens is 3. The van der Waals surface area contributed by atoms with Gasteiger partial charge in [-0.05, 0) is 55.5 Å². The summed E-state index contributed by atoms with van der Waals surface area (Å²) in [5, 5.41) is 3.78. The second-order valence-electron chi connectivity index (χ2n) is 10.1. The molecule has 5 rings (SSSR count). The zero-order valence-corrected chi connectivity index (χ0v) is 22.2. The zero-order chi connectivity index (χ0) is 27.7. The van der Waals surface area contributed by atoms with E-state index in [1.54, 1.807) is 12.1 Å². The number of rotatable bonds is 7. The van der Waals surface area contributed by atoms with Crippen LogP contribution in [0.4, 0.5) is 8.78 Å². The van der Waals surface area contributed by atoms with Gasteiger partial charge < -0.3 is 20.5 Å². The summed E-state index contributed by atoms with van der Waals surface area (Å²) in [5.41, 5.74) is 5.88. The van der Waals surface area contributed by atoms with Crippen LogP contribution in [0.1, 0.15) is 47.2 Å². The fourth-order valence-corrected chi connectivity index (χ4v) is 6.06. The predicted molar refractivity (Wildman–Crippen MR) is 144 cm³/mol. The van der Waals surface area contributed by atoms with Crippen molar-refractivity contribution in [3.63, 3.8) is 0 Å². The maximum Gasteiger partial charge on any atom is 0.308 e. The molecule has 1 amide bonds. The highest BCUT2D eigenvalue weighted by Crippen LogP contribution is 2.49. The Balaban J connectivity index is 1.51. The molecule has 0 bridgehead atoms. The molecular weight excluding hydrogens is 526 g/mol. The highest BCUT2D eigenvalue weighted by molar-refractivity contribution is 6.34. The summed E-state index contributed by atoms with van der Waals surface area (Å²) in [6.45, 7) is 0.421. The lowest BCUT2D eigenvalue weighted by Gasteiger charge is -2.34. The standard InChI is InChI=1S/C30H29ClF2N2O4/c1-38-29(37)17-7-9-19(10-8-17)35-16-30(18-5-3-2-4-6-18)15-21-24(39-30)14-12-22(31)25(21)26-20(28(34)36)11-13-23(32)27(26)33/h2-6,11-14,17,19,35H,7-10,15-16H2,1H3,(H2,34,36)/t17-,19+,30-/m1/s1. The summed E-state index contributed by atoms with van der Waals surface area (Å²) in [6, 6.07) is 15.1. The number of hydrogen-bond donors (Lipinski definition) is 2. The Morgan fingerprint density at radius 3 is 2.44 bits per heavy atom. The van der Waals surface area contributed by atoms with E-state index in [1.165, 1.54) is 7.11 Å². The lowest BCUT2D eigenvalue weighted by molar-refractivity contribution is -0.146. The number of ether oxygens (including phenoxy) is 2. The monoisotopic (exact) mass is 554 g/mol. The molecule has 2 aliphatic rings. The normalized spacial score (nSPS) is 22.2. The predicted octanol–water partition coefficient (Wildman–Crippen LogP) is 5.54. The number of carbonyl (C=O) groups excluding carboxylic acids is 2. The molecular formula is C30H29ClF2N2O4. The van der Waals surface area contributed by atoms with E-state index in [-0.39, 0.29) is 39.6 Å². The highest BCUT2D eigenvalue weighted by atomic mass is 35.5. The van der Waals surface area contributed by atoms with Crippen LogP contribution in [0.15, 0.2) is 54.6 Å². The van der Waals surface area contributed by atoms with Gasteiger partial charge in [-0.3, -0.25) is 9.59 Å². The largest absolute Gasteiger partial charge is 0.481 e. The molecule has 3 aromatic carbocycles. The van der Waals surface area contributed by atoms with Crippen molar-refractivity contribution in [1.82, 2.24) is 5.32 Å². The third-order valence-corrected chi connectivity index (χ3v) is 8.15.